The van der Waals surface area contributed by atoms with Crippen LogP contribution in [-0.4, -0.2) is 327 Å². The van der Waals surface area contributed by atoms with E-state index in [1.807, 2.05) is 0 Å². The molecule has 20 N–H and O–H groups in total. The number of rotatable bonds is 18. The number of amides is 2. The molecule has 0 aromatic heterocycles. The third kappa shape index (κ3) is 13.0. The second kappa shape index (κ2) is 26.0. The minimum Gasteiger partial charge on any atom is -0.394 e. The molecule has 6 heterocycles. The van der Waals surface area contributed by atoms with Crippen LogP contribution >= 0.6 is 0 Å². The second-order valence-corrected chi connectivity index (χ2v) is 18.3. The number of nitrogens with one attached hydrogen (secondary N) is 2. The molecule has 6 fully saturated rings. The highest BCUT2D eigenvalue weighted by Gasteiger charge is 2.58. The predicted molar refractivity (Wildman–Crippen MR) is 222 cm³/mol. The lowest BCUT2D eigenvalue weighted by Gasteiger charge is -2.50. The van der Waals surface area contributed by atoms with Gasteiger partial charge in [0.25, 0.3) is 0 Å². The van der Waals surface area contributed by atoms with Gasteiger partial charge in [0.1, 0.15) is 146 Å². The largest absolute Gasteiger partial charge is 0.394 e. The van der Waals surface area contributed by atoms with Gasteiger partial charge in [-0.2, -0.15) is 0 Å². The van der Waals surface area contributed by atoms with Gasteiger partial charge in [0, 0.05) is 13.8 Å². The predicted octanol–water partition coefficient (Wildman–Crippen LogP) is -13.8. The number of carbonyl (C=O) groups is 2. The van der Waals surface area contributed by atoms with Crippen LogP contribution in [0, 0.1) is 0 Å². The molecule has 73 heavy (non-hydrogen) atoms. The lowest BCUT2D eigenvalue weighted by atomic mass is 9.94. The Kier molecular flexibility index (Phi) is 21.3. The standard InChI is InChI=1S/C40H68N2O31/c1-9(48)41-17-23(54)31(14(6-46)64-35(17)62)70-36-18(42-10(2)49)24(55)32(15(7-47)68-36)71-39-30(61)33(22(53)16(69-39)8-63-37-28(59)25(56)19(50)11(3-43)65-37)72-40-34(27(58)21(52)13(5-45)67-40)73-38-29(60)26(57)20(51)12(4-44)66-38/h11-40,43-47,50-62H,3-8H2,1-2H3,(H,41,48)(H,42,49)/t11-,12-,13-,14-,15-,16-,17-,18-,19-,20-,21-,22-,23-,24-,25+,26+,27+,28+,29+,30+,31-,32-,33+,34+,35+,36+,37+,38-,39+,40-/m1/s1. The fraction of sp³-hybridized carbons (Fsp3) is 0.950. The summed E-state index contributed by atoms with van der Waals surface area (Å²) in [4.78, 5) is 24.5. The van der Waals surface area contributed by atoms with Crippen molar-refractivity contribution in [3.05, 3.63) is 0 Å². The molecule has 2 amide bonds. The van der Waals surface area contributed by atoms with Crippen LogP contribution in [0.1, 0.15) is 13.8 Å². The lowest BCUT2D eigenvalue weighted by Crippen LogP contribution is -2.70. The molecule has 33 heteroatoms. The first-order chi connectivity index (χ1) is 34.5. The summed E-state index contributed by atoms with van der Waals surface area (Å²) < 4.78 is 62.9. The van der Waals surface area contributed by atoms with E-state index in [1.54, 1.807) is 0 Å². The van der Waals surface area contributed by atoms with Crippen molar-refractivity contribution in [2.75, 3.05) is 39.6 Å². The number of carbonyl (C=O) groups excluding carboxylic acids is 2. The molecule has 0 bridgehead atoms. The van der Waals surface area contributed by atoms with Crippen molar-refractivity contribution in [1.29, 1.82) is 0 Å². The Balaban J connectivity index is 1.31. The SMILES string of the molecule is CC(=O)N[C@@H]1[C@@H](O)[C@H](O[C@@H]2O[C@H](CO)[C@@H](O[C@@H]3O[C@H](CO[C@H]4O[C@H](CO)[C@@H](O)[C@H](O)[C@@H]4O)[C@@H](O)[C@H](O[C@H]4O[C@H](CO)[C@@H](O)[C@H](O)[C@@H]4O[C@H]4O[C@H](CO)[C@@H](O)[C@H](O)[C@@H]4O)[C@@H]3O)[C@H](O)[C@H]2NC(C)=O)[C@@H](CO)O[C@@H]1O. The van der Waals surface area contributed by atoms with Crippen molar-refractivity contribution >= 4 is 11.8 Å². The van der Waals surface area contributed by atoms with Crippen molar-refractivity contribution in [3.8, 4) is 0 Å². The van der Waals surface area contributed by atoms with E-state index >= 15 is 0 Å². The third-order valence-electron chi connectivity index (χ3n) is 13.2. The van der Waals surface area contributed by atoms with E-state index in [0.717, 1.165) is 13.8 Å². The molecule has 0 saturated carbocycles. The van der Waals surface area contributed by atoms with E-state index in [4.69, 9.17) is 52.1 Å². The number of ether oxygens (including phenoxy) is 11. The summed E-state index contributed by atoms with van der Waals surface area (Å²) in [5, 5.41) is 197. The monoisotopic (exact) mass is 1070 g/mol. The van der Waals surface area contributed by atoms with Crippen molar-refractivity contribution < 1.29 is 154 Å². The Labute approximate surface area is 413 Å². The maximum atomic E-state index is 12.6. The zero-order valence-electron chi connectivity index (χ0n) is 38.9. The van der Waals surface area contributed by atoms with Crippen LogP contribution in [0.5, 0.6) is 0 Å². The number of aliphatic hydroxyl groups excluding tert-OH is 18. The molecule has 30 atom stereocenters. The van der Waals surface area contributed by atoms with Gasteiger partial charge in [-0.3, -0.25) is 9.59 Å². The molecule has 33 nitrogen and oxygen atoms in total. The van der Waals surface area contributed by atoms with E-state index in [0.29, 0.717) is 0 Å². The maximum absolute atomic E-state index is 12.6. The molecule has 0 radical (unpaired) electrons. The molecule has 6 aliphatic rings. The molecule has 6 saturated heterocycles. The molecule has 6 aliphatic heterocycles. The maximum Gasteiger partial charge on any atom is 0.217 e. The molecule has 0 aliphatic carbocycles. The van der Waals surface area contributed by atoms with Gasteiger partial charge < -0.3 is 155 Å². The third-order valence-corrected chi connectivity index (χ3v) is 13.2. The van der Waals surface area contributed by atoms with E-state index in [-0.39, 0.29) is 0 Å². The molecule has 0 aromatic carbocycles. The minimum atomic E-state index is -2.33. The topological polar surface area (TPSA) is 524 Å². The Morgan fingerprint density at radius 1 is 0.356 bits per heavy atom. The van der Waals surface area contributed by atoms with Gasteiger partial charge in [-0.15, -0.1) is 0 Å². The van der Waals surface area contributed by atoms with Crippen LogP contribution in [0.4, 0.5) is 0 Å². The molecule has 0 aromatic rings. The van der Waals surface area contributed by atoms with Crippen molar-refractivity contribution in [3.63, 3.8) is 0 Å². The number of aliphatic hydroxyl groups is 18. The quantitative estimate of drug-likeness (QED) is 0.0606. The highest BCUT2D eigenvalue weighted by Crippen LogP contribution is 2.37. The van der Waals surface area contributed by atoms with Gasteiger partial charge in [0.05, 0.1) is 39.6 Å². The molecule has 424 valence electrons. The first-order valence-corrected chi connectivity index (χ1v) is 23.1. The van der Waals surface area contributed by atoms with E-state index < -0.39 is 236 Å². The zero-order chi connectivity index (χ0) is 53.9. The first-order valence-electron chi connectivity index (χ1n) is 23.1. The fourth-order valence-corrected chi connectivity index (χ4v) is 9.20. The lowest BCUT2D eigenvalue weighted by molar-refractivity contribution is -0.398. The van der Waals surface area contributed by atoms with E-state index in [2.05, 4.69) is 10.6 Å². The van der Waals surface area contributed by atoms with E-state index in [9.17, 15) is 102 Å². The Morgan fingerprint density at radius 2 is 0.740 bits per heavy atom. The smallest absolute Gasteiger partial charge is 0.217 e. The molecule has 0 spiro atoms. The summed E-state index contributed by atoms with van der Waals surface area (Å²) in [6, 6.07) is -3.31. The van der Waals surface area contributed by atoms with Gasteiger partial charge in [-0.25, -0.2) is 0 Å². The van der Waals surface area contributed by atoms with Gasteiger partial charge in [0.15, 0.2) is 37.7 Å². The van der Waals surface area contributed by atoms with Crippen LogP contribution in [0.25, 0.3) is 0 Å². The summed E-state index contributed by atoms with van der Waals surface area (Å²) in [5.41, 5.74) is 0. The minimum absolute atomic E-state index is 0.720. The van der Waals surface area contributed by atoms with Crippen LogP contribution < -0.4 is 10.6 Å². The van der Waals surface area contributed by atoms with Crippen molar-refractivity contribution in [2.45, 2.75) is 198 Å². The first kappa shape index (κ1) is 60.0. The summed E-state index contributed by atoms with van der Waals surface area (Å²) in [6.45, 7) is -3.66. The summed E-state index contributed by atoms with van der Waals surface area (Å²) in [5.74, 6) is -1.56. The molecular formula is C40H68N2O31. The van der Waals surface area contributed by atoms with Gasteiger partial charge in [-0.1, -0.05) is 0 Å². The second-order valence-electron chi connectivity index (χ2n) is 18.3. The van der Waals surface area contributed by atoms with Crippen LogP contribution in [-0.2, 0) is 61.7 Å². The number of hydrogen-bond donors (Lipinski definition) is 20. The molecular weight excluding hydrogens is 1000 g/mol. The highest BCUT2D eigenvalue weighted by atomic mass is 16.8. The van der Waals surface area contributed by atoms with E-state index in [1.165, 1.54) is 0 Å². The van der Waals surface area contributed by atoms with Crippen LogP contribution in [0.15, 0.2) is 0 Å². The van der Waals surface area contributed by atoms with Gasteiger partial charge >= 0.3 is 0 Å². The van der Waals surface area contributed by atoms with Crippen LogP contribution in [0.2, 0.25) is 0 Å². The summed E-state index contributed by atoms with van der Waals surface area (Å²) in [7, 11) is 0. The van der Waals surface area contributed by atoms with Crippen LogP contribution in [0.3, 0.4) is 0 Å². The Bertz CT molecular complexity index is 1750. The Morgan fingerprint density at radius 3 is 1.27 bits per heavy atom. The fourth-order valence-electron chi connectivity index (χ4n) is 9.20. The average Bonchev–Trinajstić information content (AvgIpc) is 3.35. The Hall–Kier alpha value is -2.22. The number of hydrogen-bond acceptors (Lipinski definition) is 31. The van der Waals surface area contributed by atoms with Gasteiger partial charge in [0.2, 0.25) is 11.8 Å². The molecule has 6 rings (SSSR count). The van der Waals surface area contributed by atoms with Gasteiger partial charge in [-0.05, 0) is 0 Å². The summed E-state index contributed by atoms with van der Waals surface area (Å²) >= 11 is 0. The van der Waals surface area contributed by atoms with Crippen molar-refractivity contribution in [1.82, 2.24) is 10.6 Å². The zero-order valence-corrected chi connectivity index (χ0v) is 38.9. The average molecular weight is 1070 g/mol. The highest BCUT2D eigenvalue weighted by molar-refractivity contribution is 5.73. The normalized spacial score (nSPS) is 49.8. The summed E-state index contributed by atoms with van der Waals surface area (Å²) in [6.07, 6.45) is -54.2. The van der Waals surface area contributed by atoms with Crippen molar-refractivity contribution in [2.24, 2.45) is 0 Å². The molecule has 0 unspecified atom stereocenters.